The Labute approximate surface area is 115 Å². The smallest absolute Gasteiger partial charge is 0.193 e. The molecule has 0 aliphatic heterocycles. The van der Waals surface area contributed by atoms with E-state index in [4.69, 9.17) is 0 Å². The number of aryl methyl sites for hydroxylation is 2. The SMILES string of the molecule is Cc1cccc(C)c1C(=O)c1ccc(I)cc1. The maximum Gasteiger partial charge on any atom is 0.193 e. The largest absolute Gasteiger partial charge is 0.289 e. The van der Waals surface area contributed by atoms with Gasteiger partial charge in [0.05, 0.1) is 0 Å². The van der Waals surface area contributed by atoms with Crippen LogP contribution in [0, 0.1) is 17.4 Å². The third-order valence-corrected chi connectivity index (χ3v) is 3.53. The lowest BCUT2D eigenvalue weighted by molar-refractivity contribution is 0.103. The fourth-order valence-electron chi connectivity index (χ4n) is 1.92. The highest BCUT2D eigenvalue weighted by Crippen LogP contribution is 2.18. The second-order valence-corrected chi connectivity index (χ2v) is 5.35. The molecule has 0 aliphatic carbocycles. The first-order chi connectivity index (χ1) is 8.09. The van der Waals surface area contributed by atoms with Gasteiger partial charge in [0.1, 0.15) is 0 Å². The fraction of sp³-hybridized carbons (Fsp3) is 0.133. The molecule has 0 bridgehead atoms. The van der Waals surface area contributed by atoms with Crippen molar-refractivity contribution in [2.24, 2.45) is 0 Å². The molecule has 86 valence electrons. The van der Waals surface area contributed by atoms with Gasteiger partial charge in [-0.15, -0.1) is 0 Å². The van der Waals surface area contributed by atoms with Crippen LogP contribution in [-0.2, 0) is 0 Å². The minimum atomic E-state index is 0.108. The molecule has 0 N–H and O–H groups in total. The van der Waals surface area contributed by atoms with Gasteiger partial charge in [0.15, 0.2) is 5.78 Å². The van der Waals surface area contributed by atoms with E-state index in [9.17, 15) is 4.79 Å². The predicted octanol–water partition coefficient (Wildman–Crippen LogP) is 4.14. The molecule has 0 saturated heterocycles. The van der Waals surface area contributed by atoms with Crippen LogP contribution in [0.2, 0.25) is 0 Å². The number of carbonyl (C=O) groups is 1. The lowest BCUT2D eigenvalue weighted by atomic mass is 9.95. The van der Waals surface area contributed by atoms with Crippen LogP contribution in [0.15, 0.2) is 42.5 Å². The number of benzene rings is 2. The van der Waals surface area contributed by atoms with E-state index in [0.29, 0.717) is 0 Å². The van der Waals surface area contributed by atoms with E-state index in [1.807, 2.05) is 56.3 Å². The molecule has 0 fully saturated rings. The summed E-state index contributed by atoms with van der Waals surface area (Å²) in [6.07, 6.45) is 0. The van der Waals surface area contributed by atoms with Gasteiger partial charge < -0.3 is 0 Å². The van der Waals surface area contributed by atoms with Gasteiger partial charge in [0.2, 0.25) is 0 Å². The molecular weight excluding hydrogens is 323 g/mol. The highest BCUT2D eigenvalue weighted by atomic mass is 127. The molecule has 0 atom stereocenters. The third kappa shape index (κ3) is 2.57. The number of ketones is 1. The molecule has 2 aromatic carbocycles. The summed E-state index contributed by atoms with van der Waals surface area (Å²) in [6, 6.07) is 13.6. The van der Waals surface area contributed by atoms with Crippen molar-refractivity contribution in [3.05, 3.63) is 68.3 Å². The second-order valence-electron chi connectivity index (χ2n) is 4.10. The first-order valence-electron chi connectivity index (χ1n) is 5.46. The summed E-state index contributed by atoms with van der Waals surface area (Å²) in [6.45, 7) is 3.96. The monoisotopic (exact) mass is 336 g/mol. The van der Waals surface area contributed by atoms with Crippen molar-refractivity contribution in [3.8, 4) is 0 Å². The number of carbonyl (C=O) groups excluding carboxylic acids is 1. The molecule has 0 spiro atoms. The fourth-order valence-corrected chi connectivity index (χ4v) is 2.28. The average molecular weight is 336 g/mol. The van der Waals surface area contributed by atoms with Crippen molar-refractivity contribution >= 4 is 28.4 Å². The van der Waals surface area contributed by atoms with E-state index in [0.717, 1.165) is 25.8 Å². The Morgan fingerprint density at radius 2 is 1.47 bits per heavy atom. The zero-order chi connectivity index (χ0) is 12.4. The highest BCUT2D eigenvalue weighted by Gasteiger charge is 2.13. The summed E-state index contributed by atoms with van der Waals surface area (Å²) in [7, 11) is 0. The van der Waals surface area contributed by atoms with Crippen LogP contribution < -0.4 is 0 Å². The number of hydrogen-bond donors (Lipinski definition) is 0. The van der Waals surface area contributed by atoms with Gasteiger partial charge in [-0.3, -0.25) is 4.79 Å². The van der Waals surface area contributed by atoms with Crippen LogP contribution in [0.4, 0.5) is 0 Å². The van der Waals surface area contributed by atoms with Crippen LogP contribution in [0.3, 0.4) is 0 Å². The third-order valence-electron chi connectivity index (χ3n) is 2.81. The Hall–Kier alpha value is -1.16. The van der Waals surface area contributed by atoms with E-state index in [1.165, 1.54) is 0 Å². The molecule has 2 aromatic rings. The van der Waals surface area contributed by atoms with Crippen molar-refractivity contribution in [3.63, 3.8) is 0 Å². The van der Waals surface area contributed by atoms with Gasteiger partial charge in [0.25, 0.3) is 0 Å². The van der Waals surface area contributed by atoms with E-state index in [1.54, 1.807) is 0 Å². The topological polar surface area (TPSA) is 17.1 Å². The van der Waals surface area contributed by atoms with Crippen LogP contribution in [0.5, 0.6) is 0 Å². The van der Waals surface area contributed by atoms with E-state index in [-0.39, 0.29) is 5.78 Å². The van der Waals surface area contributed by atoms with Gasteiger partial charge >= 0.3 is 0 Å². The van der Waals surface area contributed by atoms with Crippen molar-refractivity contribution in [2.75, 3.05) is 0 Å². The van der Waals surface area contributed by atoms with Crippen LogP contribution in [0.25, 0.3) is 0 Å². The summed E-state index contributed by atoms with van der Waals surface area (Å²) < 4.78 is 1.14. The Kier molecular flexibility index (Phi) is 3.62. The van der Waals surface area contributed by atoms with Gasteiger partial charge in [-0.05, 0) is 71.8 Å². The Morgan fingerprint density at radius 3 is 2.00 bits per heavy atom. The highest BCUT2D eigenvalue weighted by molar-refractivity contribution is 14.1. The molecule has 0 unspecified atom stereocenters. The van der Waals surface area contributed by atoms with Gasteiger partial charge in [-0.1, -0.05) is 18.2 Å². The molecule has 2 rings (SSSR count). The zero-order valence-corrected chi connectivity index (χ0v) is 12.0. The van der Waals surface area contributed by atoms with Crippen molar-refractivity contribution in [1.29, 1.82) is 0 Å². The standard InChI is InChI=1S/C15H13IO/c1-10-4-3-5-11(2)14(10)15(17)12-6-8-13(16)9-7-12/h3-9H,1-2H3. The number of hydrogen-bond acceptors (Lipinski definition) is 1. The summed E-state index contributed by atoms with van der Waals surface area (Å²) in [4.78, 5) is 12.4. The van der Waals surface area contributed by atoms with E-state index >= 15 is 0 Å². The molecule has 0 radical (unpaired) electrons. The molecule has 2 heteroatoms. The zero-order valence-electron chi connectivity index (χ0n) is 9.83. The molecule has 17 heavy (non-hydrogen) atoms. The quantitative estimate of drug-likeness (QED) is 0.595. The second kappa shape index (κ2) is 5.00. The van der Waals surface area contributed by atoms with Crippen molar-refractivity contribution in [2.45, 2.75) is 13.8 Å². The van der Waals surface area contributed by atoms with Gasteiger partial charge in [0, 0.05) is 14.7 Å². The Bertz CT molecular complexity index is 535. The normalized spacial score (nSPS) is 10.3. The minimum absolute atomic E-state index is 0.108. The molecule has 0 amide bonds. The summed E-state index contributed by atoms with van der Waals surface area (Å²) in [5.74, 6) is 0.108. The molecular formula is C15H13IO. The van der Waals surface area contributed by atoms with Gasteiger partial charge in [-0.2, -0.15) is 0 Å². The molecule has 1 nitrogen and oxygen atoms in total. The molecule has 0 saturated carbocycles. The number of rotatable bonds is 2. The van der Waals surface area contributed by atoms with Crippen molar-refractivity contribution in [1.82, 2.24) is 0 Å². The molecule has 0 aliphatic rings. The van der Waals surface area contributed by atoms with Crippen LogP contribution >= 0.6 is 22.6 Å². The van der Waals surface area contributed by atoms with Crippen LogP contribution in [0.1, 0.15) is 27.0 Å². The van der Waals surface area contributed by atoms with Crippen LogP contribution in [-0.4, -0.2) is 5.78 Å². The predicted molar refractivity (Wildman–Crippen MR) is 78.5 cm³/mol. The van der Waals surface area contributed by atoms with Crippen molar-refractivity contribution < 1.29 is 4.79 Å². The summed E-state index contributed by atoms with van der Waals surface area (Å²) in [5, 5.41) is 0. The summed E-state index contributed by atoms with van der Waals surface area (Å²) in [5.41, 5.74) is 3.65. The Morgan fingerprint density at radius 1 is 0.941 bits per heavy atom. The maximum absolute atomic E-state index is 12.4. The maximum atomic E-state index is 12.4. The van der Waals surface area contributed by atoms with E-state index < -0.39 is 0 Å². The lowest BCUT2D eigenvalue weighted by Gasteiger charge is -2.08. The molecule has 0 heterocycles. The first-order valence-corrected chi connectivity index (χ1v) is 6.54. The summed E-state index contributed by atoms with van der Waals surface area (Å²) >= 11 is 2.24. The Balaban J connectivity index is 2.47. The minimum Gasteiger partial charge on any atom is -0.289 e. The first kappa shape index (κ1) is 12.3. The van der Waals surface area contributed by atoms with E-state index in [2.05, 4.69) is 22.6 Å². The number of halogens is 1. The molecule has 0 aromatic heterocycles. The lowest BCUT2D eigenvalue weighted by Crippen LogP contribution is -2.06. The van der Waals surface area contributed by atoms with Gasteiger partial charge in [-0.25, -0.2) is 0 Å². The average Bonchev–Trinajstić information content (AvgIpc) is 2.29.